The van der Waals surface area contributed by atoms with Gasteiger partial charge in [0.1, 0.15) is 5.75 Å². The average Bonchev–Trinajstić information content (AvgIpc) is 2.98. The Morgan fingerprint density at radius 2 is 2.14 bits per heavy atom. The van der Waals surface area contributed by atoms with Crippen LogP contribution in [0.5, 0.6) is 5.75 Å². The van der Waals surface area contributed by atoms with Crippen molar-refractivity contribution in [3.05, 3.63) is 29.3 Å². The third kappa shape index (κ3) is 1.17. The lowest BCUT2D eigenvalue weighted by Crippen LogP contribution is -2.07. The minimum Gasteiger partial charge on any atom is -0.496 e. The van der Waals surface area contributed by atoms with E-state index >= 15 is 0 Å². The average molecular weight is 187 g/mol. The molecular formula is C12H13NO. The lowest BCUT2D eigenvalue weighted by Gasteiger charge is -2.14. The molecule has 1 saturated carbocycles. The summed E-state index contributed by atoms with van der Waals surface area (Å²) in [6, 6.07) is 8.33. The molecule has 2 heteroatoms. The summed E-state index contributed by atoms with van der Waals surface area (Å²) in [5.74, 6) is 0.851. The fourth-order valence-electron chi connectivity index (χ4n) is 1.97. The molecule has 1 fully saturated rings. The molecular weight excluding hydrogens is 174 g/mol. The van der Waals surface area contributed by atoms with Gasteiger partial charge in [0.25, 0.3) is 0 Å². The zero-order chi connectivity index (χ0) is 10.2. The van der Waals surface area contributed by atoms with Crippen molar-refractivity contribution < 1.29 is 4.74 Å². The fraction of sp³-hybridized carbons (Fsp3) is 0.417. The molecule has 2 rings (SSSR count). The van der Waals surface area contributed by atoms with Crippen LogP contribution in [0, 0.1) is 18.3 Å². The second kappa shape index (κ2) is 3.02. The molecule has 1 aromatic carbocycles. The molecule has 0 radical (unpaired) electrons. The molecule has 14 heavy (non-hydrogen) atoms. The lowest BCUT2D eigenvalue weighted by molar-refractivity contribution is 0.407. The van der Waals surface area contributed by atoms with Crippen LogP contribution >= 0.6 is 0 Å². The SMILES string of the molecule is COc1cccc(C)c1C1(C#N)CC1. The van der Waals surface area contributed by atoms with Gasteiger partial charge in [0.2, 0.25) is 0 Å². The van der Waals surface area contributed by atoms with E-state index in [4.69, 9.17) is 10.00 Å². The number of nitriles is 1. The number of aryl methyl sites for hydroxylation is 1. The van der Waals surface area contributed by atoms with Crippen molar-refractivity contribution in [3.8, 4) is 11.8 Å². The number of rotatable bonds is 2. The van der Waals surface area contributed by atoms with E-state index in [2.05, 4.69) is 6.07 Å². The van der Waals surface area contributed by atoms with Crippen molar-refractivity contribution in [2.75, 3.05) is 7.11 Å². The molecule has 72 valence electrons. The summed E-state index contributed by atoms with van der Waals surface area (Å²) in [6.07, 6.45) is 1.93. The summed E-state index contributed by atoms with van der Waals surface area (Å²) in [6.45, 7) is 2.04. The summed E-state index contributed by atoms with van der Waals surface area (Å²) in [5.41, 5.74) is 1.99. The molecule has 0 amide bonds. The van der Waals surface area contributed by atoms with Gasteiger partial charge in [-0.15, -0.1) is 0 Å². The summed E-state index contributed by atoms with van der Waals surface area (Å²) >= 11 is 0. The summed E-state index contributed by atoms with van der Waals surface area (Å²) in [4.78, 5) is 0. The Hall–Kier alpha value is -1.49. The van der Waals surface area contributed by atoms with E-state index < -0.39 is 0 Å². The van der Waals surface area contributed by atoms with Crippen LogP contribution in [0.3, 0.4) is 0 Å². The highest BCUT2D eigenvalue weighted by Gasteiger charge is 2.47. The first kappa shape index (κ1) is 9.08. The minimum atomic E-state index is -0.253. The third-order valence-corrected chi connectivity index (χ3v) is 2.90. The molecule has 0 aliphatic heterocycles. The molecule has 0 N–H and O–H groups in total. The molecule has 0 bridgehead atoms. The standard InChI is InChI=1S/C12H13NO/c1-9-4-3-5-10(14-2)11(9)12(8-13)6-7-12/h3-5H,6-7H2,1-2H3. The number of methoxy groups -OCH3 is 1. The molecule has 2 nitrogen and oxygen atoms in total. The van der Waals surface area contributed by atoms with Crippen LogP contribution in [-0.2, 0) is 5.41 Å². The van der Waals surface area contributed by atoms with E-state index in [0.717, 1.165) is 29.7 Å². The van der Waals surface area contributed by atoms with E-state index in [-0.39, 0.29) is 5.41 Å². The summed E-state index contributed by atoms with van der Waals surface area (Å²) < 4.78 is 5.30. The highest BCUT2D eigenvalue weighted by atomic mass is 16.5. The van der Waals surface area contributed by atoms with Crippen LogP contribution in [0.25, 0.3) is 0 Å². The van der Waals surface area contributed by atoms with Crippen molar-refractivity contribution in [1.29, 1.82) is 5.26 Å². The van der Waals surface area contributed by atoms with Crippen LogP contribution in [0.2, 0.25) is 0 Å². The van der Waals surface area contributed by atoms with Crippen molar-refractivity contribution >= 4 is 0 Å². The molecule has 1 aliphatic carbocycles. The van der Waals surface area contributed by atoms with Crippen LogP contribution in [-0.4, -0.2) is 7.11 Å². The number of nitrogens with zero attached hydrogens (tertiary/aromatic N) is 1. The molecule has 0 aromatic heterocycles. The first-order valence-corrected chi connectivity index (χ1v) is 4.79. The van der Waals surface area contributed by atoms with Crippen LogP contribution < -0.4 is 4.74 Å². The summed E-state index contributed by atoms with van der Waals surface area (Å²) in [5, 5.41) is 9.15. The topological polar surface area (TPSA) is 33.0 Å². The zero-order valence-corrected chi connectivity index (χ0v) is 8.50. The quantitative estimate of drug-likeness (QED) is 0.712. The number of hydrogen-bond acceptors (Lipinski definition) is 2. The number of hydrogen-bond donors (Lipinski definition) is 0. The van der Waals surface area contributed by atoms with E-state index in [9.17, 15) is 0 Å². The third-order valence-electron chi connectivity index (χ3n) is 2.90. The van der Waals surface area contributed by atoms with Crippen molar-refractivity contribution in [2.45, 2.75) is 25.2 Å². The Morgan fingerprint density at radius 1 is 1.43 bits per heavy atom. The van der Waals surface area contributed by atoms with E-state index in [1.807, 2.05) is 25.1 Å². The number of ether oxygens (including phenoxy) is 1. The second-order valence-corrected chi connectivity index (χ2v) is 3.85. The number of benzene rings is 1. The second-order valence-electron chi connectivity index (χ2n) is 3.85. The minimum absolute atomic E-state index is 0.253. The van der Waals surface area contributed by atoms with Gasteiger partial charge in [-0.25, -0.2) is 0 Å². The predicted molar refractivity (Wildman–Crippen MR) is 54.3 cm³/mol. The van der Waals surface area contributed by atoms with Gasteiger partial charge in [-0.2, -0.15) is 5.26 Å². The maximum absolute atomic E-state index is 9.15. The summed E-state index contributed by atoms with van der Waals surface area (Å²) in [7, 11) is 1.66. The van der Waals surface area contributed by atoms with Gasteiger partial charge in [-0.1, -0.05) is 12.1 Å². The molecule has 0 unspecified atom stereocenters. The van der Waals surface area contributed by atoms with Crippen LogP contribution in [0.1, 0.15) is 24.0 Å². The van der Waals surface area contributed by atoms with Crippen LogP contribution in [0.15, 0.2) is 18.2 Å². The fourth-order valence-corrected chi connectivity index (χ4v) is 1.97. The van der Waals surface area contributed by atoms with Crippen molar-refractivity contribution in [3.63, 3.8) is 0 Å². The molecule has 0 spiro atoms. The normalized spacial score (nSPS) is 17.2. The Bertz CT molecular complexity index is 399. The van der Waals surface area contributed by atoms with Gasteiger partial charge in [0.15, 0.2) is 0 Å². The van der Waals surface area contributed by atoms with Crippen molar-refractivity contribution in [1.82, 2.24) is 0 Å². The first-order valence-electron chi connectivity index (χ1n) is 4.79. The van der Waals surface area contributed by atoms with E-state index in [1.165, 1.54) is 0 Å². The van der Waals surface area contributed by atoms with Gasteiger partial charge in [-0.3, -0.25) is 0 Å². The Balaban J connectivity index is 2.57. The first-order chi connectivity index (χ1) is 6.73. The maximum Gasteiger partial charge on any atom is 0.123 e. The molecule has 0 atom stereocenters. The largest absolute Gasteiger partial charge is 0.496 e. The van der Waals surface area contributed by atoms with Gasteiger partial charge in [0, 0.05) is 5.56 Å². The Morgan fingerprint density at radius 3 is 2.64 bits per heavy atom. The highest BCUT2D eigenvalue weighted by molar-refractivity contribution is 5.52. The monoisotopic (exact) mass is 187 g/mol. The van der Waals surface area contributed by atoms with Gasteiger partial charge in [-0.05, 0) is 31.4 Å². The van der Waals surface area contributed by atoms with Crippen LogP contribution in [0.4, 0.5) is 0 Å². The molecule has 0 heterocycles. The highest BCUT2D eigenvalue weighted by Crippen LogP contribution is 2.51. The van der Waals surface area contributed by atoms with E-state index in [0.29, 0.717) is 0 Å². The van der Waals surface area contributed by atoms with Gasteiger partial charge in [0.05, 0.1) is 18.6 Å². The maximum atomic E-state index is 9.15. The molecule has 1 aromatic rings. The van der Waals surface area contributed by atoms with Crippen molar-refractivity contribution in [2.24, 2.45) is 0 Å². The Labute approximate surface area is 84.1 Å². The smallest absolute Gasteiger partial charge is 0.123 e. The molecule has 1 aliphatic rings. The predicted octanol–water partition coefficient (Wildman–Crippen LogP) is 2.56. The van der Waals surface area contributed by atoms with Gasteiger partial charge >= 0.3 is 0 Å². The Kier molecular flexibility index (Phi) is 1.96. The zero-order valence-electron chi connectivity index (χ0n) is 8.50. The molecule has 0 saturated heterocycles. The van der Waals surface area contributed by atoms with E-state index in [1.54, 1.807) is 7.11 Å². The lowest BCUT2D eigenvalue weighted by atomic mass is 9.92. The van der Waals surface area contributed by atoms with Gasteiger partial charge < -0.3 is 4.74 Å².